The molecule has 0 saturated heterocycles. The number of rotatable bonds is 3. The summed E-state index contributed by atoms with van der Waals surface area (Å²) in [6.07, 6.45) is 6.62. The highest BCUT2D eigenvalue weighted by atomic mass is 35.5. The normalized spacial score (nSPS) is 28.4. The first kappa shape index (κ1) is 13.7. The van der Waals surface area contributed by atoms with Crippen molar-refractivity contribution in [1.82, 2.24) is 5.32 Å². The number of phenolic OH excluding ortho intramolecular Hbond substituents is 1. The van der Waals surface area contributed by atoms with E-state index in [-0.39, 0.29) is 16.7 Å². The van der Waals surface area contributed by atoms with Gasteiger partial charge in [0, 0.05) is 12.1 Å². The molecule has 0 unspecified atom stereocenters. The number of phenols is 1. The number of amides is 1. The lowest BCUT2D eigenvalue weighted by Crippen LogP contribution is -2.31. The fourth-order valence-corrected chi connectivity index (χ4v) is 4.04. The third-order valence-corrected chi connectivity index (χ3v) is 5.28. The summed E-state index contributed by atoms with van der Waals surface area (Å²) in [5.41, 5.74) is 0.466. The zero-order valence-electron chi connectivity index (χ0n) is 11.4. The number of fused-ring (bicyclic) bond motifs is 1. The Kier molecular flexibility index (Phi) is 3.88. The van der Waals surface area contributed by atoms with Crippen LogP contribution in [0, 0.1) is 17.8 Å². The summed E-state index contributed by atoms with van der Waals surface area (Å²) in [7, 11) is 0. The average molecular weight is 294 g/mol. The van der Waals surface area contributed by atoms with Gasteiger partial charge >= 0.3 is 0 Å². The van der Waals surface area contributed by atoms with Crippen molar-refractivity contribution in [1.29, 1.82) is 0 Å². The second kappa shape index (κ2) is 5.65. The Labute approximate surface area is 124 Å². The van der Waals surface area contributed by atoms with Crippen LogP contribution in [0.15, 0.2) is 18.2 Å². The smallest absolute Gasteiger partial charge is 0.251 e. The standard InChI is InChI=1S/C16H20ClNO2/c17-14-7-6-11(8-15(14)19)16(20)18-9-12-5-4-10-2-1-3-13(10)12/h6-8,10,12-13,19H,1-5,9H2,(H,18,20)/t10-,12+,13-/m0/s1. The number of carbonyl (C=O) groups is 1. The lowest BCUT2D eigenvalue weighted by molar-refractivity contribution is 0.0943. The van der Waals surface area contributed by atoms with Gasteiger partial charge in [-0.2, -0.15) is 0 Å². The van der Waals surface area contributed by atoms with E-state index < -0.39 is 0 Å². The monoisotopic (exact) mass is 293 g/mol. The van der Waals surface area contributed by atoms with E-state index in [1.54, 1.807) is 12.1 Å². The first-order valence-electron chi connectivity index (χ1n) is 7.42. The van der Waals surface area contributed by atoms with Crippen LogP contribution in [0.5, 0.6) is 5.75 Å². The van der Waals surface area contributed by atoms with E-state index in [0.717, 1.165) is 18.4 Å². The molecule has 3 nitrogen and oxygen atoms in total. The molecule has 4 heteroatoms. The Morgan fingerprint density at radius 3 is 2.95 bits per heavy atom. The minimum atomic E-state index is -0.126. The maximum atomic E-state index is 12.1. The Balaban J connectivity index is 1.58. The first-order valence-corrected chi connectivity index (χ1v) is 7.79. The predicted molar refractivity (Wildman–Crippen MR) is 79.0 cm³/mol. The highest BCUT2D eigenvalue weighted by Gasteiger charge is 2.38. The second-order valence-electron chi connectivity index (χ2n) is 6.07. The molecule has 2 aliphatic carbocycles. The Bertz CT molecular complexity index is 517. The number of carbonyl (C=O) groups excluding carboxylic acids is 1. The largest absolute Gasteiger partial charge is 0.506 e. The van der Waals surface area contributed by atoms with Crippen molar-refractivity contribution in [3.63, 3.8) is 0 Å². The van der Waals surface area contributed by atoms with E-state index >= 15 is 0 Å². The van der Waals surface area contributed by atoms with E-state index in [9.17, 15) is 9.90 Å². The van der Waals surface area contributed by atoms with Crippen LogP contribution in [0.1, 0.15) is 42.5 Å². The van der Waals surface area contributed by atoms with Crippen molar-refractivity contribution in [2.75, 3.05) is 6.54 Å². The molecule has 0 bridgehead atoms. The lowest BCUT2D eigenvalue weighted by Gasteiger charge is -2.19. The SMILES string of the molecule is O=C(NC[C@H]1CC[C@@H]2CCC[C@@H]21)c1ccc(Cl)c(O)c1. The van der Waals surface area contributed by atoms with Crippen molar-refractivity contribution in [3.8, 4) is 5.75 Å². The molecule has 2 saturated carbocycles. The molecule has 0 spiro atoms. The van der Waals surface area contributed by atoms with E-state index in [1.165, 1.54) is 38.2 Å². The molecule has 0 aliphatic heterocycles. The van der Waals surface area contributed by atoms with Gasteiger partial charge in [0.05, 0.1) is 5.02 Å². The summed E-state index contributed by atoms with van der Waals surface area (Å²) < 4.78 is 0. The van der Waals surface area contributed by atoms with Crippen molar-refractivity contribution >= 4 is 17.5 Å². The molecule has 0 aromatic heterocycles. The lowest BCUT2D eigenvalue weighted by atomic mass is 9.92. The Morgan fingerprint density at radius 1 is 1.30 bits per heavy atom. The highest BCUT2D eigenvalue weighted by molar-refractivity contribution is 6.32. The molecule has 0 heterocycles. The number of hydrogen-bond donors (Lipinski definition) is 2. The van der Waals surface area contributed by atoms with Gasteiger partial charge in [-0.1, -0.05) is 24.4 Å². The van der Waals surface area contributed by atoms with E-state index in [1.807, 2.05) is 0 Å². The third kappa shape index (κ3) is 2.64. The molecule has 20 heavy (non-hydrogen) atoms. The summed E-state index contributed by atoms with van der Waals surface area (Å²) in [6, 6.07) is 4.61. The number of aromatic hydroxyl groups is 1. The van der Waals surface area contributed by atoms with Crippen LogP contribution >= 0.6 is 11.6 Å². The number of benzene rings is 1. The molecule has 1 aromatic rings. The van der Waals surface area contributed by atoms with Crippen LogP contribution in [0.3, 0.4) is 0 Å². The fraction of sp³-hybridized carbons (Fsp3) is 0.562. The molecule has 1 aromatic carbocycles. The van der Waals surface area contributed by atoms with Gasteiger partial charge in [0.25, 0.3) is 5.91 Å². The van der Waals surface area contributed by atoms with Crippen LogP contribution in [0.25, 0.3) is 0 Å². The summed E-state index contributed by atoms with van der Waals surface area (Å²) in [5, 5.41) is 12.8. The van der Waals surface area contributed by atoms with Crippen LogP contribution in [-0.4, -0.2) is 17.6 Å². The number of halogens is 1. The van der Waals surface area contributed by atoms with Crippen molar-refractivity contribution in [2.24, 2.45) is 17.8 Å². The molecule has 3 atom stereocenters. The maximum Gasteiger partial charge on any atom is 0.251 e. The van der Waals surface area contributed by atoms with Gasteiger partial charge in [-0.15, -0.1) is 0 Å². The van der Waals surface area contributed by atoms with E-state index in [0.29, 0.717) is 11.5 Å². The Morgan fingerprint density at radius 2 is 2.15 bits per heavy atom. The van der Waals surface area contributed by atoms with Crippen LogP contribution < -0.4 is 5.32 Å². The van der Waals surface area contributed by atoms with E-state index in [4.69, 9.17) is 11.6 Å². The van der Waals surface area contributed by atoms with Crippen molar-refractivity contribution < 1.29 is 9.90 Å². The average Bonchev–Trinajstić information content (AvgIpc) is 3.02. The quantitative estimate of drug-likeness (QED) is 0.894. The number of nitrogens with one attached hydrogen (secondary N) is 1. The van der Waals surface area contributed by atoms with Crippen LogP contribution in [0.2, 0.25) is 5.02 Å². The summed E-state index contributed by atoms with van der Waals surface area (Å²) in [4.78, 5) is 12.1. The van der Waals surface area contributed by atoms with Crippen LogP contribution in [-0.2, 0) is 0 Å². The molecule has 2 aliphatic rings. The van der Waals surface area contributed by atoms with Gasteiger partial charge in [0.15, 0.2) is 0 Å². The fourth-order valence-electron chi connectivity index (χ4n) is 3.92. The van der Waals surface area contributed by atoms with Gasteiger partial charge in [0.2, 0.25) is 0 Å². The Hall–Kier alpha value is -1.22. The summed E-state index contributed by atoms with van der Waals surface area (Å²) >= 11 is 5.75. The van der Waals surface area contributed by atoms with Crippen molar-refractivity contribution in [2.45, 2.75) is 32.1 Å². The van der Waals surface area contributed by atoms with Gasteiger partial charge in [0.1, 0.15) is 5.75 Å². The minimum Gasteiger partial charge on any atom is -0.506 e. The summed E-state index contributed by atoms with van der Waals surface area (Å²) in [6.45, 7) is 0.753. The molecule has 2 N–H and O–H groups in total. The molecule has 0 radical (unpaired) electrons. The predicted octanol–water partition coefficient (Wildman–Crippen LogP) is 3.60. The highest BCUT2D eigenvalue weighted by Crippen LogP contribution is 2.47. The molecular weight excluding hydrogens is 274 g/mol. The zero-order valence-corrected chi connectivity index (χ0v) is 12.2. The third-order valence-electron chi connectivity index (χ3n) is 4.96. The van der Waals surface area contributed by atoms with Gasteiger partial charge in [-0.25, -0.2) is 0 Å². The van der Waals surface area contributed by atoms with Crippen molar-refractivity contribution in [3.05, 3.63) is 28.8 Å². The minimum absolute atomic E-state index is 0.0453. The molecule has 3 rings (SSSR count). The first-order chi connectivity index (χ1) is 9.65. The topological polar surface area (TPSA) is 49.3 Å². The zero-order chi connectivity index (χ0) is 14.1. The summed E-state index contributed by atoms with van der Waals surface area (Å²) in [5.74, 6) is 2.17. The van der Waals surface area contributed by atoms with Gasteiger partial charge < -0.3 is 10.4 Å². The second-order valence-corrected chi connectivity index (χ2v) is 6.48. The molecule has 108 valence electrons. The van der Waals surface area contributed by atoms with E-state index in [2.05, 4.69) is 5.32 Å². The number of hydrogen-bond acceptors (Lipinski definition) is 2. The molecule has 2 fully saturated rings. The van der Waals surface area contributed by atoms with Crippen LogP contribution in [0.4, 0.5) is 0 Å². The maximum absolute atomic E-state index is 12.1. The van der Waals surface area contributed by atoms with Gasteiger partial charge in [-0.05, 0) is 55.2 Å². The van der Waals surface area contributed by atoms with Gasteiger partial charge in [-0.3, -0.25) is 4.79 Å². The molecule has 1 amide bonds. The molecular formula is C16H20ClNO2.